The van der Waals surface area contributed by atoms with Crippen LogP contribution >= 0.6 is 0 Å². The van der Waals surface area contributed by atoms with E-state index in [1.807, 2.05) is 12.2 Å². The van der Waals surface area contributed by atoms with Crippen molar-refractivity contribution < 1.29 is 18.9 Å². The molecule has 0 radical (unpaired) electrons. The van der Waals surface area contributed by atoms with Crippen LogP contribution in [0.15, 0.2) is 30.4 Å². The van der Waals surface area contributed by atoms with Gasteiger partial charge in [0.2, 0.25) is 11.8 Å². The van der Waals surface area contributed by atoms with Crippen molar-refractivity contribution in [3.05, 3.63) is 46.3 Å². The topological polar surface area (TPSA) is 80.5 Å². The van der Waals surface area contributed by atoms with Crippen LogP contribution in [0.3, 0.4) is 0 Å². The summed E-state index contributed by atoms with van der Waals surface area (Å²) in [6.07, 6.45) is 6.12. The van der Waals surface area contributed by atoms with E-state index in [0.717, 1.165) is 35.9 Å². The first-order valence-electron chi connectivity index (χ1n) is 7.96. The molecule has 6 nitrogen and oxygen atoms in total. The number of benzene rings is 1. The van der Waals surface area contributed by atoms with Crippen LogP contribution in [-0.2, 0) is 9.59 Å². The third-order valence-corrected chi connectivity index (χ3v) is 6.23. The summed E-state index contributed by atoms with van der Waals surface area (Å²) in [7, 11) is 0. The molecule has 3 fully saturated rings. The van der Waals surface area contributed by atoms with Gasteiger partial charge in [-0.2, -0.15) is 0 Å². The van der Waals surface area contributed by atoms with Crippen LogP contribution in [0, 0.1) is 45.0 Å². The number of fused-ring (bicyclic) bond motifs is 3. The lowest BCUT2D eigenvalue weighted by Crippen LogP contribution is -2.35. The van der Waals surface area contributed by atoms with Crippen molar-refractivity contribution in [3.8, 4) is 0 Å². The molecule has 24 heavy (non-hydrogen) atoms. The SMILES string of the molecule is O=C1[C@@H]2[C@@H](C(=O)N1c1ccc(F)cc1[N+](=O)[O-])[C@H]1C=C[C@H]2C12CC2. The van der Waals surface area contributed by atoms with Crippen LogP contribution in [0.1, 0.15) is 12.8 Å². The molecule has 122 valence electrons. The normalized spacial score (nSPS) is 34.3. The summed E-state index contributed by atoms with van der Waals surface area (Å²) in [4.78, 5) is 37.2. The maximum Gasteiger partial charge on any atom is 0.296 e. The fraction of sp³-hybridized carbons (Fsp3) is 0.412. The number of halogens is 1. The average Bonchev–Trinajstić information content (AvgIpc) is 3.14. The Labute approximate surface area is 136 Å². The van der Waals surface area contributed by atoms with Crippen LogP contribution in [0.5, 0.6) is 0 Å². The van der Waals surface area contributed by atoms with E-state index in [0.29, 0.717) is 0 Å². The molecule has 1 aromatic carbocycles. The van der Waals surface area contributed by atoms with Crippen molar-refractivity contribution in [1.29, 1.82) is 0 Å². The minimum Gasteiger partial charge on any atom is -0.274 e. The van der Waals surface area contributed by atoms with E-state index in [9.17, 15) is 24.1 Å². The summed E-state index contributed by atoms with van der Waals surface area (Å²) >= 11 is 0. The maximum atomic E-state index is 13.4. The van der Waals surface area contributed by atoms with Gasteiger partial charge in [-0.15, -0.1) is 0 Å². The van der Waals surface area contributed by atoms with E-state index in [1.165, 1.54) is 0 Å². The number of anilines is 1. The van der Waals surface area contributed by atoms with Gasteiger partial charge in [0.25, 0.3) is 5.69 Å². The van der Waals surface area contributed by atoms with E-state index in [-0.39, 0.29) is 34.8 Å². The molecule has 0 unspecified atom stereocenters. The smallest absolute Gasteiger partial charge is 0.274 e. The number of carbonyl (C=O) groups excluding carboxylic acids is 2. The van der Waals surface area contributed by atoms with Gasteiger partial charge in [0, 0.05) is 0 Å². The zero-order valence-electron chi connectivity index (χ0n) is 12.5. The zero-order chi connectivity index (χ0) is 16.8. The number of nitro benzene ring substituents is 1. The predicted octanol–water partition coefficient (Wildman–Crippen LogP) is 2.44. The van der Waals surface area contributed by atoms with Crippen LogP contribution < -0.4 is 4.90 Å². The minimum atomic E-state index is -0.775. The van der Waals surface area contributed by atoms with Crippen molar-refractivity contribution in [2.45, 2.75) is 12.8 Å². The number of hydrogen-bond acceptors (Lipinski definition) is 4. The third kappa shape index (κ3) is 1.41. The highest BCUT2D eigenvalue weighted by Gasteiger charge is 2.73. The van der Waals surface area contributed by atoms with Crippen LogP contribution in [0.25, 0.3) is 0 Å². The second-order valence-corrected chi connectivity index (χ2v) is 7.12. The molecule has 5 rings (SSSR count). The second-order valence-electron chi connectivity index (χ2n) is 7.12. The van der Waals surface area contributed by atoms with E-state index in [1.54, 1.807) is 0 Å². The van der Waals surface area contributed by atoms with E-state index < -0.39 is 28.3 Å². The van der Waals surface area contributed by atoms with Crippen LogP contribution in [0.2, 0.25) is 0 Å². The number of rotatable bonds is 2. The molecule has 1 aliphatic heterocycles. The van der Waals surface area contributed by atoms with Gasteiger partial charge in [0.05, 0.1) is 22.8 Å². The Morgan fingerprint density at radius 3 is 2.21 bits per heavy atom. The summed E-state index contributed by atoms with van der Waals surface area (Å²) < 4.78 is 13.4. The number of nitrogens with zero attached hydrogens (tertiary/aromatic N) is 2. The lowest BCUT2D eigenvalue weighted by Gasteiger charge is -2.21. The first-order chi connectivity index (χ1) is 11.5. The summed E-state index contributed by atoms with van der Waals surface area (Å²) in [6, 6.07) is 2.93. The van der Waals surface area contributed by atoms with Crippen molar-refractivity contribution in [2.75, 3.05) is 4.90 Å². The lowest BCUT2D eigenvalue weighted by molar-refractivity contribution is -0.384. The molecule has 0 aromatic heterocycles. The fourth-order valence-electron chi connectivity index (χ4n) is 5.15. The highest BCUT2D eigenvalue weighted by Crippen LogP contribution is 2.73. The molecule has 1 saturated heterocycles. The van der Waals surface area contributed by atoms with Crippen molar-refractivity contribution in [2.24, 2.45) is 29.1 Å². The molecule has 1 spiro atoms. The Morgan fingerprint density at radius 2 is 1.71 bits per heavy atom. The predicted molar refractivity (Wildman–Crippen MR) is 80.3 cm³/mol. The Balaban J connectivity index is 1.60. The number of imide groups is 1. The summed E-state index contributed by atoms with van der Waals surface area (Å²) in [5.41, 5.74) is -0.616. The fourth-order valence-corrected chi connectivity index (χ4v) is 5.15. The molecule has 1 heterocycles. The molecular formula is C17H13FN2O4. The summed E-state index contributed by atoms with van der Waals surface area (Å²) in [5, 5.41) is 11.2. The van der Waals surface area contributed by atoms with Gasteiger partial charge in [-0.3, -0.25) is 19.7 Å². The summed E-state index contributed by atoms with van der Waals surface area (Å²) in [5.74, 6) is -2.31. The molecule has 3 aliphatic carbocycles. The number of nitro groups is 1. The van der Waals surface area contributed by atoms with Crippen LogP contribution in [-0.4, -0.2) is 16.7 Å². The van der Waals surface area contributed by atoms with Gasteiger partial charge in [-0.1, -0.05) is 12.2 Å². The quantitative estimate of drug-likeness (QED) is 0.361. The Kier molecular flexibility index (Phi) is 2.36. The first kappa shape index (κ1) is 13.8. The highest BCUT2D eigenvalue weighted by molar-refractivity contribution is 6.23. The van der Waals surface area contributed by atoms with Gasteiger partial charge < -0.3 is 0 Å². The second kappa shape index (κ2) is 4.09. The standard InChI is InChI=1S/C17H13FN2O4/c18-8-1-4-11(12(7-8)20(23)24)19-15(21)13-9-2-3-10(14(13)16(19)22)17(9)5-6-17/h1-4,7,9-10,13-14H,5-6H2/t9-,10-,13+,14+/m1/s1. The number of allylic oxidation sites excluding steroid dienone is 2. The molecule has 4 atom stereocenters. The molecule has 1 aromatic rings. The van der Waals surface area contributed by atoms with Gasteiger partial charge in [-0.25, -0.2) is 9.29 Å². The number of hydrogen-bond donors (Lipinski definition) is 0. The monoisotopic (exact) mass is 328 g/mol. The van der Waals surface area contributed by atoms with Gasteiger partial charge in [0.1, 0.15) is 11.5 Å². The van der Waals surface area contributed by atoms with Gasteiger partial charge in [-0.05, 0) is 42.2 Å². The van der Waals surface area contributed by atoms with E-state index in [2.05, 4.69) is 0 Å². The molecule has 2 bridgehead atoms. The largest absolute Gasteiger partial charge is 0.296 e. The molecule has 2 amide bonds. The minimum absolute atomic E-state index is 0.0495. The molecule has 2 saturated carbocycles. The van der Waals surface area contributed by atoms with Crippen molar-refractivity contribution >= 4 is 23.2 Å². The first-order valence-corrected chi connectivity index (χ1v) is 7.96. The molecular weight excluding hydrogens is 315 g/mol. The lowest BCUT2D eigenvalue weighted by atomic mass is 9.85. The maximum absolute atomic E-state index is 13.4. The highest BCUT2D eigenvalue weighted by atomic mass is 19.1. The average molecular weight is 328 g/mol. The number of carbonyl (C=O) groups is 2. The Morgan fingerprint density at radius 1 is 1.12 bits per heavy atom. The third-order valence-electron chi connectivity index (χ3n) is 6.23. The van der Waals surface area contributed by atoms with Gasteiger partial charge in [0.15, 0.2) is 0 Å². The molecule has 0 N–H and O–H groups in total. The van der Waals surface area contributed by atoms with Crippen LogP contribution in [0.4, 0.5) is 15.8 Å². The Hall–Kier alpha value is -2.57. The Bertz CT molecular complexity index is 826. The van der Waals surface area contributed by atoms with Gasteiger partial charge >= 0.3 is 0 Å². The summed E-state index contributed by atoms with van der Waals surface area (Å²) in [6.45, 7) is 0. The van der Waals surface area contributed by atoms with E-state index in [4.69, 9.17) is 0 Å². The van der Waals surface area contributed by atoms with E-state index >= 15 is 0 Å². The number of amides is 2. The van der Waals surface area contributed by atoms with Crippen molar-refractivity contribution in [1.82, 2.24) is 0 Å². The molecule has 4 aliphatic rings. The zero-order valence-corrected chi connectivity index (χ0v) is 12.5. The van der Waals surface area contributed by atoms with Crippen molar-refractivity contribution in [3.63, 3.8) is 0 Å². The molecule has 7 heteroatoms.